The van der Waals surface area contributed by atoms with Gasteiger partial charge in [0.15, 0.2) is 0 Å². The molecule has 1 amide bonds. The Hall–Kier alpha value is -1.91. The monoisotopic (exact) mass is 276 g/mol. The van der Waals surface area contributed by atoms with Crippen molar-refractivity contribution in [3.8, 4) is 0 Å². The van der Waals surface area contributed by atoms with Crippen LogP contribution in [0, 0.1) is 11.8 Å². The highest BCUT2D eigenvalue weighted by Gasteiger charge is 2.32. The molecular formula is C15H20N2O3. The highest BCUT2D eigenvalue weighted by molar-refractivity contribution is 6.05. The largest absolute Gasteiger partial charge is 0.481 e. The summed E-state index contributed by atoms with van der Waals surface area (Å²) < 4.78 is 0. The Labute approximate surface area is 118 Å². The van der Waals surface area contributed by atoms with Crippen molar-refractivity contribution in [2.75, 3.05) is 13.1 Å². The first kappa shape index (κ1) is 14.5. The van der Waals surface area contributed by atoms with Crippen LogP contribution in [-0.4, -0.2) is 40.7 Å². The molecule has 0 saturated carbocycles. The van der Waals surface area contributed by atoms with Crippen LogP contribution in [0.25, 0.3) is 0 Å². The Balaban J connectivity index is 2.05. The number of carboxylic acids is 1. The van der Waals surface area contributed by atoms with Crippen molar-refractivity contribution in [3.63, 3.8) is 0 Å². The molecule has 0 radical (unpaired) electrons. The molecule has 1 N–H and O–H groups in total. The van der Waals surface area contributed by atoms with E-state index in [1.165, 1.54) is 0 Å². The fraction of sp³-hybridized carbons (Fsp3) is 0.533. The Morgan fingerprint density at radius 2 is 2.20 bits per heavy atom. The third-order valence-corrected chi connectivity index (χ3v) is 3.69. The number of amides is 1. The maximum atomic E-state index is 12.4. The van der Waals surface area contributed by atoms with E-state index in [0.717, 1.165) is 12.1 Å². The van der Waals surface area contributed by atoms with E-state index >= 15 is 0 Å². The molecule has 20 heavy (non-hydrogen) atoms. The van der Waals surface area contributed by atoms with Crippen LogP contribution >= 0.6 is 0 Å². The first-order valence-corrected chi connectivity index (χ1v) is 6.89. The number of carbonyl (C=O) groups excluding carboxylic acids is 1. The average molecular weight is 276 g/mol. The summed E-state index contributed by atoms with van der Waals surface area (Å²) in [6, 6.07) is 0. The average Bonchev–Trinajstić information content (AvgIpc) is 2.89. The van der Waals surface area contributed by atoms with Crippen molar-refractivity contribution in [3.05, 3.63) is 23.9 Å². The smallest absolute Gasteiger partial charge is 0.308 e. The van der Waals surface area contributed by atoms with Crippen LogP contribution in [0.4, 0.5) is 0 Å². The topological polar surface area (TPSA) is 70.0 Å². The maximum Gasteiger partial charge on any atom is 0.308 e. The zero-order valence-electron chi connectivity index (χ0n) is 11.9. The van der Waals surface area contributed by atoms with Crippen LogP contribution in [0.3, 0.4) is 0 Å². The van der Waals surface area contributed by atoms with Gasteiger partial charge in [-0.1, -0.05) is 13.0 Å². The van der Waals surface area contributed by atoms with Gasteiger partial charge in [0.25, 0.3) is 0 Å². The fourth-order valence-electron chi connectivity index (χ4n) is 2.73. The van der Waals surface area contributed by atoms with Gasteiger partial charge in [0.05, 0.1) is 5.92 Å². The molecule has 0 aliphatic carbocycles. The van der Waals surface area contributed by atoms with Crippen molar-refractivity contribution < 1.29 is 14.7 Å². The van der Waals surface area contributed by atoms with Crippen molar-refractivity contribution in [2.45, 2.75) is 26.7 Å². The van der Waals surface area contributed by atoms with Crippen LogP contribution in [0.2, 0.25) is 0 Å². The minimum absolute atomic E-state index is 0.0857. The number of carbonyl (C=O) groups is 2. The van der Waals surface area contributed by atoms with Crippen LogP contribution in [-0.2, 0) is 9.59 Å². The quantitative estimate of drug-likeness (QED) is 0.800. The van der Waals surface area contributed by atoms with E-state index in [4.69, 9.17) is 5.11 Å². The van der Waals surface area contributed by atoms with Gasteiger partial charge in [-0.2, -0.15) is 0 Å². The number of aliphatic imine (C=N–C) groups is 1. The molecule has 1 fully saturated rings. The lowest BCUT2D eigenvalue weighted by atomic mass is 9.90. The number of aliphatic carboxylic acids is 1. The summed E-state index contributed by atoms with van der Waals surface area (Å²) >= 11 is 0. The SMILES string of the molecule is C/C(=C\C1=NC=CC1)C(=O)N1CC(C)CC(C(=O)O)C1. The second-order valence-corrected chi connectivity index (χ2v) is 5.62. The van der Waals surface area contributed by atoms with E-state index in [-0.39, 0.29) is 11.8 Å². The summed E-state index contributed by atoms with van der Waals surface area (Å²) in [7, 11) is 0. The molecule has 1 saturated heterocycles. The highest BCUT2D eigenvalue weighted by Crippen LogP contribution is 2.23. The summed E-state index contributed by atoms with van der Waals surface area (Å²) in [6.07, 6.45) is 6.84. The summed E-state index contributed by atoms with van der Waals surface area (Å²) in [5.41, 5.74) is 1.49. The zero-order chi connectivity index (χ0) is 14.7. The summed E-state index contributed by atoms with van der Waals surface area (Å²) in [5, 5.41) is 9.14. The van der Waals surface area contributed by atoms with Crippen molar-refractivity contribution in [1.82, 2.24) is 4.90 Å². The lowest BCUT2D eigenvalue weighted by Crippen LogP contribution is -2.45. The van der Waals surface area contributed by atoms with Crippen LogP contribution in [0.1, 0.15) is 26.7 Å². The van der Waals surface area contributed by atoms with Gasteiger partial charge in [-0.25, -0.2) is 0 Å². The second kappa shape index (κ2) is 6.03. The summed E-state index contributed by atoms with van der Waals surface area (Å²) in [5.74, 6) is -1.15. The summed E-state index contributed by atoms with van der Waals surface area (Å²) in [4.78, 5) is 29.3. The lowest BCUT2D eigenvalue weighted by Gasteiger charge is -2.34. The van der Waals surface area contributed by atoms with Gasteiger partial charge in [-0.05, 0) is 25.3 Å². The normalized spacial score (nSPS) is 26.6. The Bertz CT molecular complexity index is 505. The van der Waals surface area contributed by atoms with E-state index in [0.29, 0.717) is 25.1 Å². The van der Waals surface area contributed by atoms with E-state index in [9.17, 15) is 9.59 Å². The van der Waals surface area contributed by atoms with Crippen LogP contribution in [0.15, 0.2) is 28.9 Å². The maximum absolute atomic E-state index is 12.4. The number of piperidine rings is 1. The molecule has 2 unspecified atom stereocenters. The van der Waals surface area contributed by atoms with Crippen molar-refractivity contribution in [1.29, 1.82) is 0 Å². The summed E-state index contributed by atoms with van der Waals surface area (Å²) in [6.45, 7) is 4.67. The molecular weight excluding hydrogens is 256 g/mol. The van der Waals surface area contributed by atoms with E-state index in [2.05, 4.69) is 4.99 Å². The molecule has 2 atom stereocenters. The number of hydrogen-bond acceptors (Lipinski definition) is 3. The van der Waals surface area contributed by atoms with E-state index in [1.807, 2.05) is 13.0 Å². The molecule has 2 aliphatic heterocycles. The number of carboxylic acid groups (broad SMARTS) is 1. The van der Waals surface area contributed by atoms with Gasteiger partial charge in [0, 0.05) is 37.0 Å². The van der Waals surface area contributed by atoms with Gasteiger partial charge in [-0.3, -0.25) is 14.6 Å². The first-order valence-electron chi connectivity index (χ1n) is 6.89. The number of rotatable bonds is 3. The number of allylic oxidation sites excluding steroid dienone is 2. The molecule has 0 spiro atoms. The highest BCUT2D eigenvalue weighted by atomic mass is 16.4. The molecule has 2 rings (SSSR count). The molecule has 2 heterocycles. The van der Waals surface area contributed by atoms with Crippen LogP contribution < -0.4 is 0 Å². The van der Waals surface area contributed by atoms with E-state index in [1.54, 1.807) is 24.1 Å². The third kappa shape index (κ3) is 3.35. The Morgan fingerprint density at radius 1 is 1.45 bits per heavy atom. The number of hydrogen-bond donors (Lipinski definition) is 1. The molecule has 5 heteroatoms. The lowest BCUT2D eigenvalue weighted by molar-refractivity contribution is -0.146. The Kier molecular flexibility index (Phi) is 4.37. The third-order valence-electron chi connectivity index (χ3n) is 3.69. The molecule has 0 aromatic rings. The van der Waals surface area contributed by atoms with E-state index < -0.39 is 11.9 Å². The minimum Gasteiger partial charge on any atom is -0.481 e. The predicted octanol–water partition coefficient (Wildman–Crippen LogP) is 1.86. The minimum atomic E-state index is -0.819. The second-order valence-electron chi connectivity index (χ2n) is 5.62. The fourth-order valence-corrected chi connectivity index (χ4v) is 2.73. The molecule has 2 aliphatic rings. The standard InChI is InChI=1S/C15H20N2O3/c1-10-6-12(15(19)20)9-17(8-10)14(18)11(2)7-13-4-3-5-16-13/h3,5,7,10,12H,4,6,8-9H2,1-2H3,(H,19,20)/b11-7+. The van der Waals surface area contributed by atoms with Crippen molar-refractivity contribution in [2.24, 2.45) is 16.8 Å². The van der Waals surface area contributed by atoms with Gasteiger partial charge < -0.3 is 10.0 Å². The molecule has 0 aromatic heterocycles. The predicted molar refractivity (Wildman–Crippen MR) is 76.4 cm³/mol. The van der Waals surface area contributed by atoms with Gasteiger partial charge in [0.2, 0.25) is 5.91 Å². The first-order chi connectivity index (χ1) is 9.47. The molecule has 0 bridgehead atoms. The van der Waals surface area contributed by atoms with Crippen LogP contribution in [0.5, 0.6) is 0 Å². The molecule has 5 nitrogen and oxygen atoms in total. The van der Waals surface area contributed by atoms with Gasteiger partial charge in [0.1, 0.15) is 0 Å². The van der Waals surface area contributed by atoms with Crippen molar-refractivity contribution >= 4 is 17.6 Å². The Morgan fingerprint density at radius 3 is 2.80 bits per heavy atom. The number of nitrogens with zero attached hydrogens (tertiary/aromatic N) is 2. The van der Waals surface area contributed by atoms with Gasteiger partial charge in [-0.15, -0.1) is 0 Å². The van der Waals surface area contributed by atoms with Gasteiger partial charge >= 0.3 is 5.97 Å². The number of likely N-dealkylation sites (tertiary alicyclic amines) is 1. The molecule has 0 aromatic carbocycles. The molecule has 108 valence electrons. The zero-order valence-corrected chi connectivity index (χ0v) is 11.9.